The van der Waals surface area contributed by atoms with Gasteiger partial charge in [-0.15, -0.1) is 0 Å². The van der Waals surface area contributed by atoms with Crippen molar-refractivity contribution in [3.05, 3.63) is 89.5 Å². The molecular formula is C28H31FN4O5. The number of benzene rings is 2. The molecule has 1 N–H and O–H groups in total. The molecule has 38 heavy (non-hydrogen) atoms. The highest BCUT2D eigenvalue weighted by molar-refractivity contribution is 5.94. The van der Waals surface area contributed by atoms with Crippen LogP contribution in [0.2, 0.25) is 0 Å². The summed E-state index contributed by atoms with van der Waals surface area (Å²) < 4.78 is 26.3. The lowest BCUT2D eigenvalue weighted by atomic mass is 9.99. The molecule has 3 amide bonds. The molecule has 0 fully saturated rings. The third-order valence-corrected chi connectivity index (χ3v) is 6.35. The van der Waals surface area contributed by atoms with Crippen molar-refractivity contribution in [3.8, 4) is 0 Å². The number of rotatable bonds is 9. The summed E-state index contributed by atoms with van der Waals surface area (Å²) in [6.07, 6.45) is 1.94. The minimum atomic E-state index is -0.484. The molecule has 1 aliphatic rings. The molecule has 0 unspecified atom stereocenters. The fraction of sp³-hybridized carbons (Fsp3) is 0.321. The molecule has 0 bridgehead atoms. The number of amides is 3. The third kappa shape index (κ3) is 6.20. The zero-order chi connectivity index (χ0) is 27.1. The zero-order valence-electron chi connectivity index (χ0n) is 21.4. The van der Waals surface area contributed by atoms with Gasteiger partial charge in [0, 0.05) is 44.3 Å². The lowest BCUT2D eigenvalue weighted by Crippen LogP contribution is -2.49. The predicted molar refractivity (Wildman–Crippen MR) is 139 cm³/mol. The summed E-state index contributed by atoms with van der Waals surface area (Å²) in [4.78, 5) is 41.7. The van der Waals surface area contributed by atoms with Gasteiger partial charge in [0.05, 0.1) is 24.8 Å². The van der Waals surface area contributed by atoms with E-state index in [1.165, 1.54) is 24.1 Å². The lowest BCUT2D eigenvalue weighted by Gasteiger charge is -2.38. The maximum atomic E-state index is 14.1. The number of carbonyl (C=O) groups is 3. The van der Waals surface area contributed by atoms with E-state index in [2.05, 4.69) is 9.88 Å². The van der Waals surface area contributed by atoms with Crippen molar-refractivity contribution in [1.29, 1.82) is 0 Å². The number of nitrogens with one attached hydrogen (secondary N) is 1. The van der Waals surface area contributed by atoms with Gasteiger partial charge in [0.15, 0.2) is 0 Å². The molecule has 3 aromatic rings. The monoisotopic (exact) mass is 522 g/mol. The van der Waals surface area contributed by atoms with Crippen LogP contribution in [-0.2, 0) is 20.8 Å². The van der Waals surface area contributed by atoms with Gasteiger partial charge in [0.2, 0.25) is 5.91 Å². The zero-order valence-corrected chi connectivity index (χ0v) is 21.4. The van der Waals surface area contributed by atoms with Crippen LogP contribution in [-0.4, -0.2) is 72.2 Å². The largest absolute Gasteiger partial charge is 0.462 e. The first-order valence-corrected chi connectivity index (χ1v) is 12.4. The van der Waals surface area contributed by atoms with E-state index in [1.54, 1.807) is 48.2 Å². The molecule has 2 heterocycles. The highest BCUT2D eigenvalue weighted by atomic mass is 19.1. The van der Waals surface area contributed by atoms with E-state index in [9.17, 15) is 18.8 Å². The van der Waals surface area contributed by atoms with Gasteiger partial charge < -0.3 is 29.2 Å². The molecule has 1 atom stereocenters. The summed E-state index contributed by atoms with van der Waals surface area (Å²) in [7, 11) is 1.52. The Morgan fingerprint density at radius 3 is 2.58 bits per heavy atom. The van der Waals surface area contributed by atoms with Gasteiger partial charge in [0.25, 0.3) is 0 Å². The van der Waals surface area contributed by atoms with E-state index in [0.717, 1.165) is 5.69 Å². The summed E-state index contributed by atoms with van der Waals surface area (Å²) in [6.45, 7) is 3.23. The van der Waals surface area contributed by atoms with Crippen LogP contribution in [0.3, 0.4) is 0 Å². The van der Waals surface area contributed by atoms with E-state index < -0.39 is 18.0 Å². The predicted octanol–water partition coefficient (Wildman–Crippen LogP) is 3.92. The molecule has 0 aliphatic carbocycles. The Kier molecular flexibility index (Phi) is 8.75. The number of urea groups is 1. The van der Waals surface area contributed by atoms with E-state index in [4.69, 9.17) is 9.47 Å². The Morgan fingerprint density at radius 2 is 1.87 bits per heavy atom. The van der Waals surface area contributed by atoms with Crippen molar-refractivity contribution in [2.24, 2.45) is 0 Å². The summed E-state index contributed by atoms with van der Waals surface area (Å²) in [5, 5.41) is 2.77. The number of halogens is 1. The van der Waals surface area contributed by atoms with Gasteiger partial charge in [-0.25, -0.2) is 14.0 Å². The van der Waals surface area contributed by atoms with Crippen LogP contribution in [0, 0.1) is 5.82 Å². The van der Waals surface area contributed by atoms with Gasteiger partial charge in [0.1, 0.15) is 12.4 Å². The van der Waals surface area contributed by atoms with Gasteiger partial charge in [-0.2, -0.15) is 0 Å². The Labute approximate surface area is 220 Å². The van der Waals surface area contributed by atoms with Crippen molar-refractivity contribution in [1.82, 2.24) is 14.4 Å². The standard InChI is InChI=1S/C28H31FN4O5/c1-3-38-27(35)20-9-11-23(12-10-20)30-28(36)32(16-17-37-2)19-25(34)33-15-14-31-13-5-8-24(31)26(33)21-6-4-7-22(29)18-21/h4-13,18,26H,3,14-17,19H2,1-2H3,(H,30,36)/t26-/m0/s1. The number of fused-ring (bicyclic) bond motifs is 1. The summed E-state index contributed by atoms with van der Waals surface area (Å²) in [6, 6.07) is 15.4. The number of ether oxygens (including phenoxy) is 2. The third-order valence-electron chi connectivity index (χ3n) is 6.35. The molecule has 200 valence electrons. The number of hydrogen-bond acceptors (Lipinski definition) is 5. The van der Waals surface area contributed by atoms with Crippen molar-refractivity contribution < 1.29 is 28.2 Å². The van der Waals surface area contributed by atoms with Crippen LogP contribution in [0.4, 0.5) is 14.9 Å². The molecule has 9 nitrogen and oxygen atoms in total. The molecular weight excluding hydrogens is 491 g/mol. The van der Waals surface area contributed by atoms with Crippen molar-refractivity contribution in [3.63, 3.8) is 0 Å². The topological polar surface area (TPSA) is 93.1 Å². The Bertz CT molecular complexity index is 1280. The highest BCUT2D eigenvalue weighted by Crippen LogP contribution is 2.33. The molecule has 0 radical (unpaired) electrons. The summed E-state index contributed by atoms with van der Waals surface area (Å²) >= 11 is 0. The molecule has 1 aliphatic heterocycles. The number of aromatic nitrogens is 1. The number of hydrogen-bond donors (Lipinski definition) is 1. The first-order valence-electron chi connectivity index (χ1n) is 12.4. The van der Waals surface area contributed by atoms with Crippen LogP contribution >= 0.6 is 0 Å². The Balaban J connectivity index is 1.51. The number of carbonyl (C=O) groups excluding carboxylic acids is 3. The fourth-order valence-corrected chi connectivity index (χ4v) is 4.49. The smallest absolute Gasteiger partial charge is 0.338 e. The first kappa shape index (κ1) is 26.9. The lowest BCUT2D eigenvalue weighted by molar-refractivity contribution is -0.134. The highest BCUT2D eigenvalue weighted by Gasteiger charge is 2.33. The molecule has 0 spiro atoms. The first-order chi connectivity index (χ1) is 18.4. The second-order valence-corrected chi connectivity index (χ2v) is 8.81. The molecule has 0 saturated carbocycles. The Hall–Kier alpha value is -4.18. The number of nitrogens with zero attached hydrogens (tertiary/aromatic N) is 3. The van der Waals surface area contributed by atoms with Crippen LogP contribution in [0.1, 0.15) is 34.6 Å². The Morgan fingerprint density at radius 1 is 1.08 bits per heavy atom. The van der Waals surface area contributed by atoms with Gasteiger partial charge in [-0.05, 0) is 61.0 Å². The van der Waals surface area contributed by atoms with E-state index >= 15 is 0 Å². The van der Waals surface area contributed by atoms with E-state index in [1.807, 2.05) is 18.3 Å². The SMILES string of the molecule is CCOC(=O)c1ccc(NC(=O)N(CCOC)CC(=O)N2CCn3cccc3[C@@H]2c2cccc(F)c2)cc1. The number of esters is 1. The summed E-state index contributed by atoms with van der Waals surface area (Å²) in [5.41, 5.74) is 2.37. The summed E-state index contributed by atoms with van der Waals surface area (Å²) in [5.74, 6) is -1.09. The number of methoxy groups -OCH3 is 1. The number of anilines is 1. The minimum absolute atomic E-state index is 0.184. The molecule has 1 aromatic heterocycles. The average Bonchev–Trinajstić information content (AvgIpc) is 3.40. The van der Waals surface area contributed by atoms with Crippen molar-refractivity contribution in [2.75, 3.05) is 45.3 Å². The quantitative estimate of drug-likeness (QED) is 0.430. The minimum Gasteiger partial charge on any atom is -0.462 e. The average molecular weight is 523 g/mol. The second kappa shape index (κ2) is 12.4. The van der Waals surface area contributed by atoms with Crippen LogP contribution in [0.15, 0.2) is 66.9 Å². The van der Waals surface area contributed by atoms with Gasteiger partial charge >= 0.3 is 12.0 Å². The molecule has 0 saturated heterocycles. The maximum absolute atomic E-state index is 14.1. The van der Waals surface area contributed by atoms with Crippen LogP contribution in [0.5, 0.6) is 0 Å². The maximum Gasteiger partial charge on any atom is 0.338 e. The molecule has 10 heteroatoms. The molecule has 4 rings (SSSR count). The van der Waals surface area contributed by atoms with E-state index in [-0.39, 0.29) is 38.0 Å². The molecule has 2 aromatic carbocycles. The van der Waals surface area contributed by atoms with Crippen molar-refractivity contribution >= 4 is 23.6 Å². The van der Waals surface area contributed by atoms with Gasteiger partial charge in [-0.1, -0.05) is 12.1 Å². The normalized spacial score (nSPS) is 14.5. The van der Waals surface area contributed by atoms with E-state index in [0.29, 0.717) is 29.9 Å². The van der Waals surface area contributed by atoms with Crippen LogP contribution in [0.25, 0.3) is 0 Å². The fourth-order valence-electron chi connectivity index (χ4n) is 4.49. The van der Waals surface area contributed by atoms with Crippen molar-refractivity contribution in [2.45, 2.75) is 19.5 Å². The second-order valence-electron chi connectivity index (χ2n) is 8.81. The van der Waals surface area contributed by atoms with Gasteiger partial charge in [-0.3, -0.25) is 4.79 Å². The van der Waals surface area contributed by atoms with Crippen LogP contribution < -0.4 is 5.32 Å².